The Morgan fingerprint density at radius 3 is 3.06 bits per heavy atom. The maximum atomic E-state index is 11.2. The molecule has 0 bridgehead atoms. The molecule has 1 aromatic carbocycles. The molecule has 1 aromatic heterocycles. The molecule has 2 heterocycles. The molecular formula is C12H10N4O. The van der Waals surface area contributed by atoms with Crippen molar-refractivity contribution in [3.8, 4) is 0 Å². The van der Waals surface area contributed by atoms with Gasteiger partial charge in [0.2, 0.25) is 0 Å². The van der Waals surface area contributed by atoms with Gasteiger partial charge in [-0.25, -0.2) is 0 Å². The van der Waals surface area contributed by atoms with E-state index in [0.717, 1.165) is 28.4 Å². The second-order valence-electron chi connectivity index (χ2n) is 4.17. The summed E-state index contributed by atoms with van der Waals surface area (Å²) in [6.07, 6.45) is 1.54. The van der Waals surface area contributed by atoms with Gasteiger partial charge in [0.1, 0.15) is 0 Å². The molecule has 0 N–H and O–H groups in total. The van der Waals surface area contributed by atoms with E-state index in [1.807, 2.05) is 24.3 Å². The van der Waals surface area contributed by atoms with E-state index in [4.69, 9.17) is 5.53 Å². The molecule has 1 aliphatic rings. The lowest BCUT2D eigenvalue weighted by atomic mass is 10.1. The van der Waals surface area contributed by atoms with Gasteiger partial charge < -0.3 is 4.57 Å². The molecule has 1 unspecified atom stereocenters. The molecule has 0 amide bonds. The lowest BCUT2D eigenvalue weighted by molar-refractivity contribution is 0.112. The Kier molecular flexibility index (Phi) is 2.13. The number of fused-ring (bicyclic) bond motifs is 3. The Balaban J connectivity index is 2.23. The second kappa shape index (κ2) is 3.64. The van der Waals surface area contributed by atoms with Crippen molar-refractivity contribution in [2.75, 3.05) is 0 Å². The highest BCUT2D eigenvalue weighted by molar-refractivity contribution is 5.99. The van der Waals surface area contributed by atoms with Crippen LogP contribution >= 0.6 is 0 Å². The Morgan fingerprint density at radius 2 is 2.29 bits per heavy atom. The van der Waals surface area contributed by atoms with Crippen LogP contribution in [-0.4, -0.2) is 16.9 Å². The van der Waals surface area contributed by atoms with Crippen molar-refractivity contribution in [1.82, 2.24) is 4.57 Å². The van der Waals surface area contributed by atoms with Gasteiger partial charge >= 0.3 is 0 Å². The number of hydrogen-bond donors (Lipinski definition) is 0. The van der Waals surface area contributed by atoms with E-state index < -0.39 is 0 Å². The van der Waals surface area contributed by atoms with Crippen LogP contribution in [0.2, 0.25) is 0 Å². The van der Waals surface area contributed by atoms with E-state index in [1.54, 1.807) is 0 Å². The van der Waals surface area contributed by atoms with Gasteiger partial charge in [-0.05, 0) is 18.0 Å². The summed E-state index contributed by atoms with van der Waals surface area (Å²) in [4.78, 5) is 14.0. The fourth-order valence-electron chi connectivity index (χ4n) is 2.59. The van der Waals surface area contributed by atoms with E-state index in [-0.39, 0.29) is 6.04 Å². The van der Waals surface area contributed by atoms with Gasteiger partial charge in [0.15, 0.2) is 6.29 Å². The summed E-state index contributed by atoms with van der Waals surface area (Å²) in [5.74, 6) is 0. The van der Waals surface area contributed by atoms with Gasteiger partial charge in [-0.3, -0.25) is 4.79 Å². The summed E-state index contributed by atoms with van der Waals surface area (Å²) in [6.45, 7) is 0.660. The Hall–Kier alpha value is -2.26. The highest BCUT2D eigenvalue weighted by atomic mass is 16.1. The number of nitrogens with zero attached hydrogens (tertiary/aromatic N) is 4. The molecule has 0 radical (unpaired) electrons. The monoisotopic (exact) mass is 226 g/mol. The summed E-state index contributed by atoms with van der Waals surface area (Å²) in [6, 6.07) is 7.75. The molecular weight excluding hydrogens is 216 g/mol. The zero-order chi connectivity index (χ0) is 11.8. The molecule has 0 saturated heterocycles. The SMILES string of the molecule is [N-]=[N+]=NC1Cc2c(C=O)c3ccccc3n2C1. The Labute approximate surface area is 97.3 Å². The number of carbonyl (C=O) groups excluding carboxylic acids is 1. The van der Waals surface area contributed by atoms with Crippen molar-refractivity contribution in [1.29, 1.82) is 0 Å². The minimum atomic E-state index is -0.0710. The molecule has 1 atom stereocenters. The van der Waals surface area contributed by atoms with Crippen LogP contribution < -0.4 is 0 Å². The number of aromatic nitrogens is 1. The molecule has 0 spiro atoms. The number of aldehydes is 1. The predicted octanol–water partition coefficient (Wildman–Crippen LogP) is 2.69. The fourth-order valence-corrected chi connectivity index (χ4v) is 2.59. The molecule has 3 rings (SSSR count). The van der Waals surface area contributed by atoms with Crippen molar-refractivity contribution < 1.29 is 4.79 Å². The summed E-state index contributed by atoms with van der Waals surface area (Å²) < 4.78 is 2.08. The van der Waals surface area contributed by atoms with Crippen LogP contribution in [0.4, 0.5) is 0 Å². The van der Waals surface area contributed by atoms with Crippen molar-refractivity contribution in [2.24, 2.45) is 5.11 Å². The largest absolute Gasteiger partial charge is 0.343 e. The highest BCUT2D eigenvalue weighted by Gasteiger charge is 2.26. The maximum absolute atomic E-state index is 11.2. The molecule has 0 fully saturated rings. The first-order valence-electron chi connectivity index (χ1n) is 5.44. The minimum absolute atomic E-state index is 0.0710. The molecule has 2 aromatic rings. The normalized spacial score (nSPS) is 17.8. The molecule has 0 aliphatic carbocycles. The molecule has 0 saturated carbocycles. The van der Waals surface area contributed by atoms with Gasteiger partial charge in [-0.1, -0.05) is 23.3 Å². The van der Waals surface area contributed by atoms with E-state index in [1.165, 1.54) is 0 Å². The average Bonchev–Trinajstić information content (AvgIpc) is 2.86. The van der Waals surface area contributed by atoms with Crippen LogP contribution in [0.15, 0.2) is 29.4 Å². The Bertz CT molecular complexity index is 652. The first kappa shape index (κ1) is 9.93. The number of carbonyl (C=O) groups is 1. The van der Waals surface area contributed by atoms with Gasteiger partial charge in [0.05, 0.1) is 6.04 Å². The van der Waals surface area contributed by atoms with Crippen LogP contribution in [0.25, 0.3) is 21.3 Å². The molecule has 5 heteroatoms. The van der Waals surface area contributed by atoms with Crippen molar-refractivity contribution in [3.63, 3.8) is 0 Å². The molecule has 17 heavy (non-hydrogen) atoms. The zero-order valence-corrected chi connectivity index (χ0v) is 9.08. The number of hydrogen-bond acceptors (Lipinski definition) is 2. The summed E-state index contributed by atoms with van der Waals surface area (Å²) in [5, 5.41) is 4.72. The lowest BCUT2D eigenvalue weighted by Crippen LogP contribution is -2.04. The van der Waals surface area contributed by atoms with E-state index in [2.05, 4.69) is 14.6 Å². The highest BCUT2D eigenvalue weighted by Crippen LogP contribution is 2.31. The van der Waals surface area contributed by atoms with Gasteiger partial charge in [0.25, 0.3) is 0 Å². The van der Waals surface area contributed by atoms with Crippen LogP contribution in [0.5, 0.6) is 0 Å². The van der Waals surface area contributed by atoms with Gasteiger partial charge in [-0.2, -0.15) is 0 Å². The molecule has 84 valence electrons. The first-order chi connectivity index (χ1) is 8.35. The molecule has 5 nitrogen and oxygen atoms in total. The average molecular weight is 226 g/mol. The van der Waals surface area contributed by atoms with Crippen LogP contribution in [0.3, 0.4) is 0 Å². The third-order valence-corrected chi connectivity index (χ3v) is 3.28. The van der Waals surface area contributed by atoms with Crippen LogP contribution in [0.1, 0.15) is 16.1 Å². The topological polar surface area (TPSA) is 70.8 Å². The minimum Gasteiger partial charge on any atom is -0.343 e. The summed E-state index contributed by atoms with van der Waals surface area (Å²) in [5.41, 5.74) is 11.2. The Morgan fingerprint density at radius 1 is 1.47 bits per heavy atom. The second-order valence-corrected chi connectivity index (χ2v) is 4.17. The van der Waals surface area contributed by atoms with Crippen LogP contribution in [0, 0.1) is 0 Å². The van der Waals surface area contributed by atoms with E-state index in [9.17, 15) is 4.79 Å². The number of rotatable bonds is 2. The van der Waals surface area contributed by atoms with Crippen LogP contribution in [-0.2, 0) is 13.0 Å². The van der Waals surface area contributed by atoms with Gasteiger partial charge in [0, 0.05) is 33.6 Å². The summed E-state index contributed by atoms with van der Waals surface area (Å²) >= 11 is 0. The fraction of sp³-hybridized carbons (Fsp3) is 0.250. The quantitative estimate of drug-likeness (QED) is 0.336. The standard InChI is InChI=1S/C12H10N4O/c13-15-14-8-5-12-10(7-17)9-3-1-2-4-11(9)16(12)6-8/h1-4,7-8H,5-6H2. The van der Waals surface area contributed by atoms with E-state index >= 15 is 0 Å². The van der Waals surface area contributed by atoms with Crippen molar-refractivity contribution in [3.05, 3.63) is 46.0 Å². The molecule has 1 aliphatic heterocycles. The van der Waals surface area contributed by atoms with Gasteiger partial charge in [-0.15, -0.1) is 0 Å². The number of benzene rings is 1. The number of azide groups is 1. The number of para-hydroxylation sites is 1. The third kappa shape index (κ3) is 1.33. The zero-order valence-electron chi connectivity index (χ0n) is 9.08. The first-order valence-corrected chi connectivity index (χ1v) is 5.44. The summed E-state index contributed by atoms with van der Waals surface area (Å²) in [7, 11) is 0. The smallest absolute Gasteiger partial charge is 0.152 e. The van der Waals surface area contributed by atoms with Crippen molar-refractivity contribution in [2.45, 2.75) is 19.0 Å². The predicted molar refractivity (Wildman–Crippen MR) is 64.0 cm³/mol. The van der Waals surface area contributed by atoms with E-state index in [0.29, 0.717) is 13.0 Å². The third-order valence-electron chi connectivity index (χ3n) is 3.28. The lowest BCUT2D eigenvalue weighted by Gasteiger charge is -2.01. The maximum Gasteiger partial charge on any atom is 0.152 e. The van der Waals surface area contributed by atoms with Crippen molar-refractivity contribution >= 4 is 17.2 Å².